The standard InChI is InChI=1S/C12H16N2O5/c15-12(16)2-1-7-13-8-9-19-11-5-3-10(4-6-11)14(17)18/h3-6,13H,1-2,7-9H2,(H,15,16). The van der Waals surface area contributed by atoms with E-state index in [1.165, 1.54) is 12.1 Å². The molecule has 0 saturated heterocycles. The molecule has 2 N–H and O–H groups in total. The number of benzene rings is 1. The Labute approximate surface area is 110 Å². The summed E-state index contributed by atoms with van der Waals surface area (Å²) in [4.78, 5) is 20.2. The number of carbonyl (C=O) groups is 1. The second kappa shape index (κ2) is 8.04. The molecule has 0 radical (unpaired) electrons. The molecule has 0 atom stereocenters. The van der Waals surface area contributed by atoms with Gasteiger partial charge in [-0.2, -0.15) is 0 Å². The number of rotatable bonds is 9. The molecule has 0 heterocycles. The van der Waals surface area contributed by atoms with Gasteiger partial charge in [-0.1, -0.05) is 0 Å². The van der Waals surface area contributed by atoms with Crippen LogP contribution in [0.2, 0.25) is 0 Å². The average molecular weight is 268 g/mol. The molecule has 0 aliphatic heterocycles. The van der Waals surface area contributed by atoms with Gasteiger partial charge in [0.15, 0.2) is 0 Å². The maximum absolute atomic E-state index is 10.4. The SMILES string of the molecule is O=C(O)CCCNCCOc1ccc([N+](=O)[O-])cc1. The van der Waals surface area contributed by atoms with Crippen molar-refractivity contribution < 1.29 is 19.6 Å². The summed E-state index contributed by atoms with van der Waals surface area (Å²) in [6.07, 6.45) is 0.725. The predicted molar refractivity (Wildman–Crippen MR) is 68.3 cm³/mol. The molecule has 0 unspecified atom stereocenters. The first-order valence-corrected chi connectivity index (χ1v) is 5.89. The highest BCUT2D eigenvalue weighted by Gasteiger charge is 2.03. The monoisotopic (exact) mass is 268 g/mol. The first-order chi connectivity index (χ1) is 9.09. The van der Waals surface area contributed by atoms with Crippen LogP contribution in [-0.2, 0) is 4.79 Å². The lowest BCUT2D eigenvalue weighted by atomic mass is 10.3. The zero-order valence-corrected chi connectivity index (χ0v) is 10.4. The van der Waals surface area contributed by atoms with Gasteiger partial charge in [-0.25, -0.2) is 0 Å². The number of aliphatic carboxylic acids is 1. The molecule has 7 nitrogen and oxygen atoms in total. The van der Waals surface area contributed by atoms with Crippen molar-refractivity contribution in [2.24, 2.45) is 0 Å². The molecule has 0 saturated carbocycles. The van der Waals surface area contributed by atoms with Gasteiger partial charge in [0.1, 0.15) is 12.4 Å². The molecule has 1 aromatic carbocycles. The van der Waals surface area contributed by atoms with Crippen molar-refractivity contribution in [3.63, 3.8) is 0 Å². The average Bonchev–Trinajstić information content (AvgIpc) is 2.38. The Morgan fingerprint density at radius 3 is 2.58 bits per heavy atom. The maximum atomic E-state index is 10.4. The number of hydrogen-bond acceptors (Lipinski definition) is 5. The van der Waals surface area contributed by atoms with E-state index in [9.17, 15) is 14.9 Å². The summed E-state index contributed by atoms with van der Waals surface area (Å²) in [5.41, 5.74) is 0.0270. The second-order valence-corrected chi connectivity index (χ2v) is 3.85. The summed E-state index contributed by atoms with van der Waals surface area (Å²) in [5.74, 6) is -0.234. The highest BCUT2D eigenvalue weighted by atomic mass is 16.6. The fraction of sp³-hybridized carbons (Fsp3) is 0.417. The van der Waals surface area contributed by atoms with E-state index in [1.54, 1.807) is 12.1 Å². The molecule has 0 bridgehead atoms. The minimum absolute atomic E-state index is 0.0270. The highest BCUT2D eigenvalue weighted by molar-refractivity contribution is 5.66. The third kappa shape index (κ3) is 6.37. The van der Waals surface area contributed by atoms with Crippen LogP contribution in [0.5, 0.6) is 5.75 Å². The van der Waals surface area contributed by atoms with E-state index in [0.717, 1.165) is 0 Å². The van der Waals surface area contributed by atoms with Gasteiger partial charge in [0, 0.05) is 25.1 Å². The first kappa shape index (κ1) is 14.9. The zero-order valence-electron chi connectivity index (χ0n) is 10.4. The Balaban J connectivity index is 2.12. The molecule has 0 fully saturated rings. The van der Waals surface area contributed by atoms with Crippen molar-refractivity contribution >= 4 is 11.7 Å². The van der Waals surface area contributed by atoms with E-state index in [0.29, 0.717) is 31.9 Å². The fourth-order valence-corrected chi connectivity index (χ4v) is 1.39. The number of nitro groups is 1. The van der Waals surface area contributed by atoms with Gasteiger partial charge < -0.3 is 15.2 Å². The van der Waals surface area contributed by atoms with E-state index >= 15 is 0 Å². The molecule has 0 aliphatic carbocycles. The normalized spacial score (nSPS) is 10.1. The minimum Gasteiger partial charge on any atom is -0.492 e. The molecular formula is C12H16N2O5. The van der Waals surface area contributed by atoms with Crippen LogP contribution in [0.3, 0.4) is 0 Å². The molecule has 0 amide bonds. The topological polar surface area (TPSA) is 102 Å². The molecule has 19 heavy (non-hydrogen) atoms. The Morgan fingerprint density at radius 2 is 2.00 bits per heavy atom. The van der Waals surface area contributed by atoms with Gasteiger partial charge in [0.2, 0.25) is 0 Å². The lowest BCUT2D eigenvalue weighted by Crippen LogP contribution is -2.22. The van der Waals surface area contributed by atoms with Crippen molar-refractivity contribution in [2.75, 3.05) is 19.7 Å². The number of nitrogens with zero attached hydrogens (tertiary/aromatic N) is 1. The van der Waals surface area contributed by atoms with Gasteiger partial charge in [0.25, 0.3) is 5.69 Å². The number of nitrogens with one attached hydrogen (secondary N) is 1. The summed E-state index contributed by atoms with van der Waals surface area (Å²) < 4.78 is 5.37. The number of carboxylic acids is 1. The number of non-ortho nitro benzene ring substituents is 1. The smallest absolute Gasteiger partial charge is 0.303 e. The maximum Gasteiger partial charge on any atom is 0.303 e. The van der Waals surface area contributed by atoms with Crippen molar-refractivity contribution in [3.8, 4) is 5.75 Å². The summed E-state index contributed by atoms with van der Waals surface area (Å²) in [6.45, 7) is 1.64. The Kier molecular flexibility index (Phi) is 6.31. The molecule has 7 heteroatoms. The quantitative estimate of drug-likeness (QED) is 0.399. The molecule has 104 valence electrons. The van der Waals surface area contributed by atoms with Gasteiger partial charge in [0.05, 0.1) is 4.92 Å². The van der Waals surface area contributed by atoms with Crippen LogP contribution in [0.25, 0.3) is 0 Å². The summed E-state index contributed by atoms with van der Waals surface area (Å²) in [5, 5.41) is 21.9. The van der Waals surface area contributed by atoms with Crippen LogP contribution in [-0.4, -0.2) is 35.7 Å². The second-order valence-electron chi connectivity index (χ2n) is 3.85. The third-order valence-corrected chi connectivity index (χ3v) is 2.34. The van der Waals surface area contributed by atoms with Crippen molar-refractivity contribution in [2.45, 2.75) is 12.8 Å². The van der Waals surface area contributed by atoms with Gasteiger partial charge in [-0.3, -0.25) is 14.9 Å². The third-order valence-electron chi connectivity index (χ3n) is 2.34. The molecule has 1 rings (SSSR count). The van der Waals surface area contributed by atoms with E-state index in [4.69, 9.17) is 9.84 Å². The van der Waals surface area contributed by atoms with Crippen molar-refractivity contribution in [1.82, 2.24) is 5.32 Å². The highest BCUT2D eigenvalue weighted by Crippen LogP contribution is 2.16. The molecule has 0 aliphatic rings. The Hall–Kier alpha value is -2.15. The van der Waals surface area contributed by atoms with E-state index < -0.39 is 10.9 Å². The number of nitro benzene ring substituents is 1. The van der Waals surface area contributed by atoms with E-state index in [1.807, 2.05) is 0 Å². The van der Waals surface area contributed by atoms with Crippen LogP contribution >= 0.6 is 0 Å². The number of carboxylic acid groups (broad SMARTS) is 1. The van der Waals surface area contributed by atoms with Crippen LogP contribution in [0.15, 0.2) is 24.3 Å². The van der Waals surface area contributed by atoms with Crippen LogP contribution in [0.4, 0.5) is 5.69 Å². The van der Waals surface area contributed by atoms with Crippen LogP contribution in [0, 0.1) is 10.1 Å². The predicted octanol–water partition coefficient (Wildman–Crippen LogP) is 1.43. The van der Waals surface area contributed by atoms with Crippen molar-refractivity contribution in [3.05, 3.63) is 34.4 Å². The number of ether oxygens (including phenoxy) is 1. The summed E-state index contributed by atoms with van der Waals surface area (Å²) >= 11 is 0. The van der Waals surface area contributed by atoms with E-state index in [2.05, 4.69) is 5.32 Å². The molecule has 0 spiro atoms. The first-order valence-electron chi connectivity index (χ1n) is 5.89. The van der Waals surface area contributed by atoms with Crippen LogP contribution < -0.4 is 10.1 Å². The summed E-state index contributed by atoms with van der Waals surface area (Å²) in [7, 11) is 0. The number of hydrogen-bond donors (Lipinski definition) is 2. The summed E-state index contributed by atoms with van der Waals surface area (Å²) in [6, 6.07) is 5.86. The lowest BCUT2D eigenvalue weighted by molar-refractivity contribution is -0.384. The van der Waals surface area contributed by atoms with Gasteiger partial charge >= 0.3 is 5.97 Å². The Bertz CT molecular complexity index is 419. The minimum atomic E-state index is -0.802. The van der Waals surface area contributed by atoms with Gasteiger partial charge in [-0.15, -0.1) is 0 Å². The van der Waals surface area contributed by atoms with E-state index in [-0.39, 0.29) is 12.1 Å². The lowest BCUT2D eigenvalue weighted by Gasteiger charge is -2.06. The van der Waals surface area contributed by atoms with Crippen molar-refractivity contribution in [1.29, 1.82) is 0 Å². The van der Waals surface area contributed by atoms with Crippen LogP contribution in [0.1, 0.15) is 12.8 Å². The molecule has 1 aromatic rings. The molecule has 0 aromatic heterocycles. The Morgan fingerprint density at radius 1 is 1.32 bits per heavy atom. The fourth-order valence-electron chi connectivity index (χ4n) is 1.39. The zero-order chi connectivity index (χ0) is 14.1. The van der Waals surface area contributed by atoms with Gasteiger partial charge in [-0.05, 0) is 25.1 Å². The molecular weight excluding hydrogens is 252 g/mol. The largest absolute Gasteiger partial charge is 0.492 e.